The Bertz CT molecular complexity index is 915. The number of rotatable bonds is 9. The molecule has 8 nitrogen and oxygen atoms in total. The van der Waals surface area contributed by atoms with Crippen LogP contribution >= 0.6 is 0 Å². The minimum Gasteiger partial charge on any atom is -0.497 e. The predicted octanol–water partition coefficient (Wildman–Crippen LogP) is 2.37. The monoisotopic (exact) mass is 388 g/mol. The number of methoxy groups -OCH3 is 1. The molecule has 0 spiro atoms. The summed E-state index contributed by atoms with van der Waals surface area (Å²) in [6.45, 7) is 4.68. The van der Waals surface area contributed by atoms with Crippen LogP contribution in [0.25, 0.3) is 0 Å². The minimum atomic E-state index is -0.659. The maximum atomic E-state index is 13.2. The number of benzene rings is 1. The van der Waals surface area contributed by atoms with E-state index >= 15 is 0 Å². The van der Waals surface area contributed by atoms with E-state index in [4.69, 9.17) is 10.5 Å². The highest BCUT2D eigenvalue weighted by Gasteiger charge is 2.24. The molecule has 0 fully saturated rings. The standard InChI is InChI=1S/C20H28N4O4/c1-4-6-12-23(19(26)14-8-10-15(28-3)11-9-14)16-17(21)24(13-7-5-2)20(27)22-18(16)25/h8-11H,4-7,12-13,21H2,1-3H3,(H,22,25,27). The van der Waals surface area contributed by atoms with Crippen molar-refractivity contribution in [1.29, 1.82) is 0 Å². The second-order valence-electron chi connectivity index (χ2n) is 6.54. The molecule has 0 atom stereocenters. The summed E-state index contributed by atoms with van der Waals surface area (Å²) in [5.41, 5.74) is 5.39. The van der Waals surface area contributed by atoms with E-state index in [9.17, 15) is 14.4 Å². The molecule has 28 heavy (non-hydrogen) atoms. The lowest BCUT2D eigenvalue weighted by Crippen LogP contribution is -2.41. The van der Waals surface area contributed by atoms with Crippen LogP contribution in [0.2, 0.25) is 0 Å². The number of carbonyl (C=O) groups excluding carboxylic acids is 1. The lowest BCUT2D eigenvalue weighted by molar-refractivity contribution is 0.0986. The highest BCUT2D eigenvalue weighted by Crippen LogP contribution is 2.21. The largest absolute Gasteiger partial charge is 0.497 e. The molecule has 0 aliphatic rings. The third-order valence-electron chi connectivity index (χ3n) is 4.54. The molecule has 0 aliphatic heterocycles. The smallest absolute Gasteiger partial charge is 0.330 e. The van der Waals surface area contributed by atoms with Crippen molar-refractivity contribution in [3.05, 3.63) is 50.7 Å². The first-order valence-corrected chi connectivity index (χ1v) is 9.53. The van der Waals surface area contributed by atoms with Crippen LogP contribution in [0.4, 0.5) is 11.5 Å². The molecule has 1 aromatic heterocycles. The number of nitrogens with one attached hydrogen (secondary N) is 1. The van der Waals surface area contributed by atoms with Crippen LogP contribution in [-0.2, 0) is 6.54 Å². The van der Waals surface area contributed by atoms with Gasteiger partial charge in [-0.1, -0.05) is 26.7 Å². The molecule has 1 amide bonds. The van der Waals surface area contributed by atoms with E-state index in [1.165, 1.54) is 9.47 Å². The SMILES string of the molecule is CCCCN(C(=O)c1ccc(OC)cc1)c1c(N)n(CCCC)c(=O)[nH]c1=O. The van der Waals surface area contributed by atoms with E-state index in [1.54, 1.807) is 31.4 Å². The van der Waals surface area contributed by atoms with Crippen LogP contribution in [0.5, 0.6) is 5.75 Å². The zero-order valence-electron chi connectivity index (χ0n) is 16.7. The van der Waals surface area contributed by atoms with Crippen molar-refractivity contribution < 1.29 is 9.53 Å². The van der Waals surface area contributed by atoms with Gasteiger partial charge < -0.3 is 15.4 Å². The molecule has 0 aliphatic carbocycles. The normalized spacial score (nSPS) is 10.7. The van der Waals surface area contributed by atoms with Crippen LogP contribution in [0, 0.1) is 0 Å². The first-order valence-electron chi connectivity index (χ1n) is 9.53. The third kappa shape index (κ3) is 4.62. The Labute approximate surface area is 163 Å². The van der Waals surface area contributed by atoms with Gasteiger partial charge in [-0.2, -0.15) is 0 Å². The van der Waals surface area contributed by atoms with Gasteiger partial charge in [0.25, 0.3) is 11.5 Å². The number of amides is 1. The molecular formula is C20H28N4O4. The first kappa shape index (κ1) is 21.3. The molecule has 8 heteroatoms. The molecule has 2 rings (SSSR count). The molecule has 0 radical (unpaired) electrons. The number of aromatic nitrogens is 2. The van der Waals surface area contributed by atoms with Gasteiger partial charge in [0.1, 0.15) is 11.6 Å². The fraction of sp³-hybridized carbons (Fsp3) is 0.450. The number of nitrogens with zero attached hydrogens (tertiary/aromatic N) is 2. The molecule has 152 valence electrons. The number of nitrogen functional groups attached to an aromatic ring is 1. The number of aromatic amines is 1. The molecular weight excluding hydrogens is 360 g/mol. The molecule has 0 saturated carbocycles. The first-order chi connectivity index (χ1) is 13.4. The maximum Gasteiger partial charge on any atom is 0.330 e. The Morgan fingerprint density at radius 3 is 2.36 bits per heavy atom. The van der Waals surface area contributed by atoms with E-state index in [0.717, 1.165) is 19.3 Å². The second kappa shape index (κ2) is 9.77. The van der Waals surface area contributed by atoms with Gasteiger partial charge in [-0.25, -0.2) is 4.79 Å². The molecule has 0 unspecified atom stereocenters. The van der Waals surface area contributed by atoms with Gasteiger partial charge in [0, 0.05) is 18.7 Å². The summed E-state index contributed by atoms with van der Waals surface area (Å²) in [4.78, 5) is 41.6. The Kier molecular flexibility index (Phi) is 7.43. The molecule has 0 saturated heterocycles. The van der Waals surface area contributed by atoms with Crippen LogP contribution in [0.15, 0.2) is 33.9 Å². The minimum absolute atomic E-state index is 0.0140. The molecule has 0 bridgehead atoms. The van der Waals surface area contributed by atoms with E-state index < -0.39 is 11.2 Å². The summed E-state index contributed by atoms with van der Waals surface area (Å²) in [5.74, 6) is 0.288. The van der Waals surface area contributed by atoms with Gasteiger partial charge in [0.15, 0.2) is 5.69 Å². The maximum absolute atomic E-state index is 13.2. The summed E-state index contributed by atoms with van der Waals surface area (Å²) in [6.07, 6.45) is 3.12. The van der Waals surface area contributed by atoms with Crippen LogP contribution in [0.1, 0.15) is 49.9 Å². The van der Waals surface area contributed by atoms with Crippen LogP contribution in [-0.4, -0.2) is 29.1 Å². The predicted molar refractivity (Wildman–Crippen MR) is 110 cm³/mol. The van der Waals surface area contributed by atoms with Crippen LogP contribution < -0.4 is 26.6 Å². The molecule has 2 aromatic rings. The van der Waals surface area contributed by atoms with Crippen molar-refractivity contribution in [2.75, 3.05) is 24.3 Å². The Balaban J connectivity index is 2.53. The summed E-state index contributed by atoms with van der Waals surface area (Å²) < 4.78 is 6.45. The zero-order valence-corrected chi connectivity index (χ0v) is 16.7. The number of anilines is 2. The fourth-order valence-corrected chi connectivity index (χ4v) is 2.90. The van der Waals surface area contributed by atoms with Crippen molar-refractivity contribution in [3.63, 3.8) is 0 Å². The molecule has 1 aromatic carbocycles. The highest BCUT2D eigenvalue weighted by atomic mass is 16.5. The summed E-state index contributed by atoms with van der Waals surface area (Å²) in [7, 11) is 1.55. The van der Waals surface area contributed by atoms with E-state index in [2.05, 4.69) is 4.98 Å². The zero-order chi connectivity index (χ0) is 20.7. The summed E-state index contributed by atoms with van der Waals surface area (Å²) in [6, 6.07) is 6.64. The molecule has 1 heterocycles. The van der Waals surface area contributed by atoms with Gasteiger partial charge >= 0.3 is 5.69 Å². The van der Waals surface area contributed by atoms with Gasteiger partial charge in [0.05, 0.1) is 7.11 Å². The fourth-order valence-electron chi connectivity index (χ4n) is 2.90. The average molecular weight is 388 g/mol. The number of unbranched alkanes of at least 4 members (excludes halogenated alkanes) is 2. The summed E-state index contributed by atoms with van der Waals surface area (Å²) in [5, 5.41) is 0. The van der Waals surface area contributed by atoms with Gasteiger partial charge in [-0.15, -0.1) is 0 Å². The van der Waals surface area contributed by atoms with E-state index in [-0.39, 0.29) is 17.4 Å². The Hall–Kier alpha value is -3.03. The van der Waals surface area contributed by atoms with Crippen molar-refractivity contribution >= 4 is 17.4 Å². The van der Waals surface area contributed by atoms with Crippen molar-refractivity contribution in [2.45, 2.75) is 46.1 Å². The highest BCUT2D eigenvalue weighted by molar-refractivity contribution is 6.07. The van der Waals surface area contributed by atoms with Gasteiger partial charge in [0.2, 0.25) is 0 Å². The number of H-pyrrole nitrogens is 1. The number of carbonyl (C=O) groups is 1. The second-order valence-corrected chi connectivity index (χ2v) is 6.54. The Morgan fingerprint density at radius 1 is 1.14 bits per heavy atom. The Morgan fingerprint density at radius 2 is 1.79 bits per heavy atom. The van der Waals surface area contributed by atoms with Crippen molar-refractivity contribution in [1.82, 2.24) is 9.55 Å². The van der Waals surface area contributed by atoms with Gasteiger partial charge in [-0.3, -0.25) is 19.1 Å². The lowest BCUT2D eigenvalue weighted by Gasteiger charge is -2.24. The molecule has 3 N–H and O–H groups in total. The number of hydrogen-bond donors (Lipinski definition) is 2. The van der Waals surface area contributed by atoms with Crippen molar-refractivity contribution in [2.24, 2.45) is 0 Å². The average Bonchev–Trinajstić information content (AvgIpc) is 2.69. The number of nitrogens with two attached hydrogens (primary N) is 1. The topological polar surface area (TPSA) is 110 Å². The van der Waals surface area contributed by atoms with Gasteiger partial charge in [-0.05, 0) is 37.1 Å². The summed E-state index contributed by atoms with van der Waals surface area (Å²) >= 11 is 0. The van der Waals surface area contributed by atoms with E-state index in [0.29, 0.717) is 30.8 Å². The third-order valence-corrected chi connectivity index (χ3v) is 4.54. The van der Waals surface area contributed by atoms with Crippen LogP contribution in [0.3, 0.4) is 0 Å². The number of hydrogen-bond acceptors (Lipinski definition) is 5. The quantitative estimate of drug-likeness (QED) is 0.685. The number of ether oxygens (including phenoxy) is 1. The lowest BCUT2D eigenvalue weighted by atomic mass is 10.1. The van der Waals surface area contributed by atoms with Crippen molar-refractivity contribution in [3.8, 4) is 5.75 Å². The van der Waals surface area contributed by atoms with E-state index in [1.807, 2.05) is 13.8 Å².